The summed E-state index contributed by atoms with van der Waals surface area (Å²) in [5.74, 6) is 0.513. The van der Waals surface area contributed by atoms with Gasteiger partial charge in [0.05, 0.1) is 10.8 Å². The minimum atomic E-state index is -0.363. The molecule has 0 saturated carbocycles. The van der Waals surface area contributed by atoms with Crippen LogP contribution in [0.2, 0.25) is 5.02 Å². The molecule has 106 valence electrons. The smallest absolute Gasteiger partial charge is 0.270 e. The molecule has 0 spiro atoms. The number of ether oxygens (including phenoxy) is 1. The van der Waals surface area contributed by atoms with Crippen molar-refractivity contribution < 1.29 is 4.74 Å². The molecule has 0 atom stereocenters. The predicted molar refractivity (Wildman–Crippen MR) is 81.0 cm³/mol. The highest BCUT2D eigenvalue weighted by Gasteiger charge is 2.05. The fourth-order valence-electron chi connectivity index (χ4n) is 2.04. The van der Waals surface area contributed by atoms with Gasteiger partial charge in [-0.25, -0.2) is 0 Å². The molecule has 0 aliphatic heterocycles. The fraction of sp³-hybridized carbons (Fsp3) is 0.0667. The van der Waals surface area contributed by atoms with E-state index in [9.17, 15) is 9.59 Å². The van der Waals surface area contributed by atoms with Gasteiger partial charge in [0.2, 0.25) is 0 Å². The number of halogens is 1. The lowest BCUT2D eigenvalue weighted by atomic mass is 10.2. The molecule has 0 unspecified atom stereocenters. The van der Waals surface area contributed by atoms with Crippen molar-refractivity contribution in [3.63, 3.8) is 0 Å². The van der Waals surface area contributed by atoms with Crippen LogP contribution in [0.25, 0.3) is 10.8 Å². The van der Waals surface area contributed by atoms with E-state index in [2.05, 4.69) is 10.2 Å². The highest BCUT2D eigenvalue weighted by atomic mass is 35.5. The van der Waals surface area contributed by atoms with E-state index in [1.54, 1.807) is 30.3 Å². The molecular weight excluding hydrogens is 292 g/mol. The van der Waals surface area contributed by atoms with Gasteiger partial charge in [0, 0.05) is 5.02 Å². The number of hydrogen-bond acceptors (Lipinski definition) is 3. The minimum absolute atomic E-state index is 0.294. The molecule has 6 heteroatoms. The van der Waals surface area contributed by atoms with E-state index < -0.39 is 0 Å². The number of hydrogen-bond donors (Lipinski definition) is 2. The third-order valence-electron chi connectivity index (χ3n) is 3.06. The first-order valence-electron chi connectivity index (χ1n) is 6.25. The lowest BCUT2D eigenvalue weighted by Crippen LogP contribution is -2.18. The van der Waals surface area contributed by atoms with Gasteiger partial charge in [-0.05, 0) is 35.9 Å². The van der Waals surface area contributed by atoms with Crippen molar-refractivity contribution in [2.24, 2.45) is 0 Å². The number of nitrogens with one attached hydrogen (secondary N) is 2. The average molecular weight is 303 g/mol. The lowest BCUT2D eigenvalue weighted by molar-refractivity contribution is 0.306. The number of benzene rings is 2. The Kier molecular flexibility index (Phi) is 3.50. The predicted octanol–water partition coefficient (Wildman–Crippen LogP) is 2.45. The van der Waals surface area contributed by atoms with Crippen LogP contribution in [0.3, 0.4) is 0 Å². The molecule has 0 bridgehead atoms. The van der Waals surface area contributed by atoms with Gasteiger partial charge < -0.3 is 4.74 Å². The first-order valence-corrected chi connectivity index (χ1v) is 6.63. The first kappa shape index (κ1) is 13.5. The third-order valence-corrected chi connectivity index (χ3v) is 3.30. The van der Waals surface area contributed by atoms with Crippen LogP contribution in [-0.4, -0.2) is 10.2 Å². The molecule has 0 radical (unpaired) electrons. The van der Waals surface area contributed by atoms with Gasteiger partial charge in [-0.3, -0.25) is 19.8 Å². The Balaban J connectivity index is 1.90. The van der Waals surface area contributed by atoms with Crippen LogP contribution in [0.5, 0.6) is 5.75 Å². The van der Waals surface area contributed by atoms with Crippen LogP contribution in [0, 0.1) is 0 Å². The molecule has 0 saturated heterocycles. The van der Waals surface area contributed by atoms with E-state index in [-0.39, 0.29) is 11.1 Å². The van der Waals surface area contributed by atoms with Crippen molar-refractivity contribution in [2.75, 3.05) is 0 Å². The number of aromatic amines is 2. The molecule has 1 heterocycles. The summed E-state index contributed by atoms with van der Waals surface area (Å²) in [6.07, 6.45) is 0. The summed E-state index contributed by atoms with van der Waals surface area (Å²) in [7, 11) is 0. The second kappa shape index (κ2) is 5.46. The zero-order chi connectivity index (χ0) is 14.8. The summed E-state index contributed by atoms with van der Waals surface area (Å²) in [5.41, 5.74) is 0.214. The van der Waals surface area contributed by atoms with Gasteiger partial charge >= 0.3 is 0 Å². The van der Waals surface area contributed by atoms with Crippen molar-refractivity contribution in [3.05, 3.63) is 73.8 Å². The van der Waals surface area contributed by atoms with E-state index in [0.717, 1.165) is 5.56 Å². The molecule has 0 aliphatic rings. The van der Waals surface area contributed by atoms with Crippen LogP contribution in [-0.2, 0) is 6.61 Å². The topological polar surface area (TPSA) is 75.0 Å². The first-order chi connectivity index (χ1) is 10.1. The molecule has 3 aromatic rings. The SMILES string of the molecule is O=c1[nH][nH]c(=O)c2cc(OCc3cccc(Cl)c3)ccc12. The molecule has 0 aliphatic carbocycles. The maximum absolute atomic E-state index is 11.7. The van der Waals surface area contributed by atoms with Gasteiger partial charge in [-0.15, -0.1) is 0 Å². The van der Waals surface area contributed by atoms with E-state index in [0.29, 0.717) is 28.2 Å². The highest BCUT2D eigenvalue weighted by molar-refractivity contribution is 6.30. The number of aromatic nitrogens is 2. The Bertz CT molecular complexity index is 914. The van der Waals surface area contributed by atoms with Crippen LogP contribution in [0.15, 0.2) is 52.1 Å². The summed E-state index contributed by atoms with van der Waals surface area (Å²) < 4.78 is 5.63. The molecule has 2 aromatic carbocycles. The highest BCUT2D eigenvalue weighted by Crippen LogP contribution is 2.18. The molecule has 1 aromatic heterocycles. The molecule has 0 fully saturated rings. The zero-order valence-corrected chi connectivity index (χ0v) is 11.6. The normalized spacial score (nSPS) is 10.7. The van der Waals surface area contributed by atoms with Gasteiger partial charge in [0.25, 0.3) is 11.1 Å². The molecule has 2 N–H and O–H groups in total. The lowest BCUT2D eigenvalue weighted by Gasteiger charge is -2.07. The summed E-state index contributed by atoms with van der Waals surface area (Å²) in [6, 6.07) is 12.1. The van der Waals surface area contributed by atoms with Gasteiger partial charge in [0.1, 0.15) is 12.4 Å². The van der Waals surface area contributed by atoms with Crippen LogP contribution in [0.4, 0.5) is 0 Å². The Morgan fingerprint density at radius 2 is 1.71 bits per heavy atom. The van der Waals surface area contributed by atoms with Crippen molar-refractivity contribution in [2.45, 2.75) is 6.61 Å². The molecule has 5 nitrogen and oxygen atoms in total. The van der Waals surface area contributed by atoms with Crippen LogP contribution < -0.4 is 15.9 Å². The van der Waals surface area contributed by atoms with Crippen LogP contribution >= 0.6 is 11.6 Å². The average Bonchev–Trinajstić information content (AvgIpc) is 2.49. The zero-order valence-electron chi connectivity index (χ0n) is 10.9. The third kappa shape index (κ3) is 2.83. The maximum atomic E-state index is 11.7. The standard InChI is InChI=1S/C15H11ClN2O3/c16-10-3-1-2-9(6-10)8-21-11-4-5-12-13(7-11)15(20)18-17-14(12)19/h1-7H,8H2,(H,17,19)(H,18,20). The van der Waals surface area contributed by atoms with Crippen molar-refractivity contribution in [1.29, 1.82) is 0 Å². The molecular formula is C15H11ClN2O3. The summed E-state index contributed by atoms with van der Waals surface area (Å²) in [5, 5.41) is 5.82. The van der Waals surface area contributed by atoms with Crippen molar-refractivity contribution in [1.82, 2.24) is 10.2 Å². The Morgan fingerprint density at radius 1 is 0.952 bits per heavy atom. The Hall–Kier alpha value is -2.53. The monoisotopic (exact) mass is 302 g/mol. The van der Waals surface area contributed by atoms with Gasteiger partial charge in [-0.1, -0.05) is 23.7 Å². The van der Waals surface area contributed by atoms with E-state index in [1.165, 1.54) is 0 Å². The van der Waals surface area contributed by atoms with E-state index in [1.807, 2.05) is 12.1 Å². The Morgan fingerprint density at radius 3 is 2.48 bits per heavy atom. The van der Waals surface area contributed by atoms with E-state index >= 15 is 0 Å². The molecule has 0 amide bonds. The second-order valence-corrected chi connectivity index (χ2v) is 4.97. The van der Waals surface area contributed by atoms with Crippen LogP contribution in [0.1, 0.15) is 5.56 Å². The van der Waals surface area contributed by atoms with Gasteiger partial charge in [0.15, 0.2) is 0 Å². The summed E-state index contributed by atoms with van der Waals surface area (Å²) >= 11 is 5.90. The molecule has 21 heavy (non-hydrogen) atoms. The Labute approximate surface area is 124 Å². The maximum Gasteiger partial charge on any atom is 0.270 e. The molecule has 3 rings (SSSR count). The van der Waals surface area contributed by atoms with E-state index in [4.69, 9.17) is 16.3 Å². The van der Waals surface area contributed by atoms with Crippen molar-refractivity contribution >= 4 is 22.4 Å². The van der Waals surface area contributed by atoms with Crippen molar-refractivity contribution in [3.8, 4) is 5.75 Å². The number of rotatable bonds is 3. The largest absolute Gasteiger partial charge is 0.489 e. The quantitative estimate of drug-likeness (QED) is 0.780. The number of H-pyrrole nitrogens is 2. The summed E-state index contributed by atoms with van der Waals surface area (Å²) in [6.45, 7) is 0.327. The fourth-order valence-corrected chi connectivity index (χ4v) is 2.25. The summed E-state index contributed by atoms with van der Waals surface area (Å²) in [4.78, 5) is 23.3. The number of fused-ring (bicyclic) bond motifs is 1. The second-order valence-electron chi connectivity index (χ2n) is 4.53. The minimum Gasteiger partial charge on any atom is -0.489 e. The van der Waals surface area contributed by atoms with Gasteiger partial charge in [-0.2, -0.15) is 0 Å².